The molecule has 2 rings (SSSR count). The monoisotopic (exact) mass is 270 g/mol. The lowest BCUT2D eigenvalue weighted by atomic mass is 9.83. The van der Waals surface area contributed by atoms with Gasteiger partial charge in [-0.25, -0.2) is 4.98 Å². The van der Waals surface area contributed by atoms with E-state index in [-0.39, 0.29) is 0 Å². The van der Waals surface area contributed by atoms with E-state index >= 15 is 0 Å². The van der Waals surface area contributed by atoms with Gasteiger partial charge in [-0.1, -0.05) is 38.0 Å². The summed E-state index contributed by atoms with van der Waals surface area (Å²) in [6.45, 7) is 6.85. The molecule has 0 aromatic carbocycles. The summed E-state index contributed by atoms with van der Waals surface area (Å²) in [6.07, 6.45) is 11.7. The van der Waals surface area contributed by atoms with Crippen molar-refractivity contribution in [2.45, 2.75) is 46.5 Å². The van der Waals surface area contributed by atoms with E-state index in [1.165, 1.54) is 42.4 Å². The van der Waals surface area contributed by atoms with Crippen LogP contribution in [0.2, 0.25) is 0 Å². The molecule has 1 aromatic rings. The average Bonchev–Trinajstić information content (AvgIpc) is 2.44. The second-order valence-electron chi connectivity index (χ2n) is 5.95. The highest BCUT2D eigenvalue weighted by atomic mass is 14.8. The molecule has 108 valence electrons. The molecule has 1 aliphatic rings. The molecule has 0 bridgehead atoms. The molecule has 2 atom stereocenters. The van der Waals surface area contributed by atoms with E-state index in [0.717, 1.165) is 0 Å². The molecule has 0 spiro atoms. The van der Waals surface area contributed by atoms with E-state index in [2.05, 4.69) is 44.0 Å². The molecule has 2 unspecified atom stereocenters. The minimum atomic E-state index is 0.582. The lowest BCUT2D eigenvalue weighted by molar-refractivity contribution is 0.466. The number of nitrogen functional groups attached to an aromatic ring is 1. The van der Waals surface area contributed by atoms with E-state index in [9.17, 15) is 0 Å². The van der Waals surface area contributed by atoms with Crippen molar-refractivity contribution in [1.82, 2.24) is 4.98 Å². The highest BCUT2D eigenvalue weighted by molar-refractivity contribution is 5.76. The Morgan fingerprint density at radius 1 is 1.30 bits per heavy atom. The maximum Gasteiger partial charge on any atom is 0.123 e. The molecule has 0 aliphatic heterocycles. The molecule has 2 heteroatoms. The second-order valence-corrected chi connectivity index (χ2v) is 5.95. The molecule has 20 heavy (non-hydrogen) atoms. The van der Waals surface area contributed by atoms with Crippen LogP contribution in [0.25, 0.3) is 5.57 Å². The van der Waals surface area contributed by atoms with E-state index in [0.29, 0.717) is 17.7 Å². The zero-order valence-corrected chi connectivity index (χ0v) is 12.9. The zero-order valence-electron chi connectivity index (χ0n) is 12.9. The fourth-order valence-electron chi connectivity index (χ4n) is 2.91. The standard InChI is InChI=1S/C18H26N2/c1-4-5-15-7-6-13(2)14(3)17(10-8-15)16-9-11-18(19)20-12-16/h8-13,15H,4-7H2,1-3H3,(H2,19,20)/b10-8-,17-14-. The van der Waals surface area contributed by atoms with Crippen molar-refractivity contribution in [3.63, 3.8) is 0 Å². The highest BCUT2D eigenvalue weighted by Crippen LogP contribution is 2.32. The summed E-state index contributed by atoms with van der Waals surface area (Å²) in [5.74, 6) is 1.93. The van der Waals surface area contributed by atoms with E-state index < -0.39 is 0 Å². The SMILES string of the molecule is CCCC1/C=C\C(c2ccc(N)nc2)=C(/C)C(C)CC1. The highest BCUT2D eigenvalue weighted by Gasteiger charge is 2.16. The normalized spacial score (nSPS) is 28.8. The first-order chi connectivity index (χ1) is 9.61. The van der Waals surface area contributed by atoms with Crippen LogP contribution >= 0.6 is 0 Å². The van der Waals surface area contributed by atoms with E-state index in [1.807, 2.05) is 12.3 Å². The van der Waals surface area contributed by atoms with Crippen molar-refractivity contribution in [3.8, 4) is 0 Å². The van der Waals surface area contributed by atoms with E-state index in [4.69, 9.17) is 5.73 Å². The third-order valence-corrected chi connectivity index (χ3v) is 4.43. The number of anilines is 1. The number of nitrogens with two attached hydrogens (primary N) is 1. The first-order valence-electron chi connectivity index (χ1n) is 7.72. The van der Waals surface area contributed by atoms with Gasteiger partial charge in [-0.2, -0.15) is 0 Å². The number of hydrogen-bond donors (Lipinski definition) is 1. The Hall–Kier alpha value is -1.57. The summed E-state index contributed by atoms with van der Waals surface area (Å²) >= 11 is 0. The van der Waals surface area contributed by atoms with Crippen LogP contribution in [0, 0.1) is 11.8 Å². The molecule has 0 saturated heterocycles. The lowest BCUT2D eigenvalue weighted by Gasteiger charge is -2.22. The van der Waals surface area contributed by atoms with Gasteiger partial charge in [0.25, 0.3) is 0 Å². The minimum absolute atomic E-state index is 0.582. The third-order valence-electron chi connectivity index (χ3n) is 4.43. The van der Waals surface area contributed by atoms with Crippen molar-refractivity contribution in [2.75, 3.05) is 5.73 Å². The number of nitrogens with zero attached hydrogens (tertiary/aromatic N) is 1. The van der Waals surface area contributed by atoms with Crippen molar-refractivity contribution in [2.24, 2.45) is 11.8 Å². The first kappa shape index (κ1) is 14.8. The van der Waals surface area contributed by atoms with Crippen LogP contribution in [0.3, 0.4) is 0 Å². The smallest absolute Gasteiger partial charge is 0.123 e. The van der Waals surface area contributed by atoms with Crippen molar-refractivity contribution in [1.29, 1.82) is 0 Å². The molecule has 1 aromatic heterocycles. The number of pyridine rings is 1. The molecule has 1 heterocycles. The van der Waals surface area contributed by atoms with Crippen LogP contribution in [0.5, 0.6) is 0 Å². The van der Waals surface area contributed by atoms with E-state index in [1.54, 1.807) is 0 Å². The van der Waals surface area contributed by atoms with Crippen LogP contribution in [0.15, 0.2) is 36.1 Å². The predicted molar refractivity (Wildman–Crippen MR) is 87.2 cm³/mol. The summed E-state index contributed by atoms with van der Waals surface area (Å²) in [5.41, 5.74) is 9.65. The van der Waals surface area contributed by atoms with Gasteiger partial charge in [0.1, 0.15) is 5.82 Å². The quantitative estimate of drug-likeness (QED) is 0.853. The minimum Gasteiger partial charge on any atom is -0.384 e. The van der Waals surface area contributed by atoms with Crippen molar-refractivity contribution in [3.05, 3.63) is 41.6 Å². The Labute approximate surface area is 122 Å². The van der Waals surface area contributed by atoms with Gasteiger partial charge in [0.05, 0.1) is 0 Å². The Morgan fingerprint density at radius 3 is 2.75 bits per heavy atom. The largest absolute Gasteiger partial charge is 0.384 e. The Morgan fingerprint density at radius 2 is 2.10 bits per heavy atom. The van der Waals surface area contributed by atoms with Gasteiger partial charge in [0, 0.05) is 11.8 Å². The number of aromatic nitrogens is 1. The molecule has 0 saturated carbocycles. The number of rotatable bonds is 3. The molecular weight excluding hydrogens is 244 g/mol. The van der Waals surface area contributed by atoms with Gasteiger partial charge in [-0.3, -0.25) is 0 Å². The van der Waals surface area contributed by atoms with Gasteiger partial charge in [-0.05, 0) is 55.7 Å². The average molecular weight is 270 g/mol. The van der Waals surface area contributed by atoms with Gasteiger partial charge < -0.3 is 5.73 Å². The topological polar surface area (TPSA) is 38.9 Å². The third kappa shape index (κ3) is 3.50. The van der Waals surface area contributed by atoms with Crippen LogP contribution in [0.1, 0.15) is 52.0 Å². The maximum absolute atomic E-state index is 5.69. The summed E-state index contributed by atoms with van der Waals surface area (Å²) in [7, 11) is 0. The molecule has 2 nitrogen and oxygen atoms in total. The Balaban J connectivity index is 2.35. The van der Waals surface area contributed by atoms with Gasteiger partial charge >= 0.3 is 0 Å². The maximum atomic E-state index is 5.69. The van der Waals surface area contributed by atoms with Crippen molar-refractivity contribution < 1.29 is 0 Å². The fourth-order valence-corrected chi connectivity index (χ4v) is 2.91. The molecule has 0 radical (unpaired) electrons. The molecular formula is C18H26N2. The molecule has 0 fully saturated rings. The van der Waals surface area contributed by atoms with Crippen LogP contribution in [-0.2, 0) is 0 Å². The van der Waals surface area contributed by atoms with Crippen LogP contribution in [-0.4, -0.2) is 4.98 Å². The van der Waals surface area contributed by atoms with Crippen LogP contribution in [0.4, 0.5) is 5.82 Å². The molecule has 1 aliphatic carbocycles. The first-order valence-corrected chi connectivity index (χ1v) is 7.72. The summed E-state index contributed by atoms with van der Waals surface area (Å²) in [6, 6.07) is 3.96. The summed E-state index contributed by atoms with van der Waals surface area (Å²) in [4.78, 5) is 4.23. The lowest BCUT2D eigenvalue weighted by Crippen LogP contribution is -2.07. The fraction of sp³-hybridized carbons (Fsp3) is 0.500. The Kier molecular flexibility index (Phi) is 4.99. The number of allylic oxidation sites excluding steroid dienone is 4. The summed E-state index contributed by atoms with van der Waals surface area (Å²) in [5, 5.41) is 0. The van der Waals surface area contributed by atoms with Gasteiger partial charge in [-0.15, -0.1) is 0 Å². The second kappa shape index (κ2) is 6.74. The Bertz CT molecular complexity index is 497. The van der Waals surface area contributed by atoms with Crippen LogP contribution < -0.4 is 5.73 Å². The van der Waals surface area contributed by atoms with Gasteiger partial charge in [0.15, 0.2) is 0 Å². The number of hydrogen-bond acceptors (Lipinski definition) is 2. The molecule has 0 amide bonds. The predicted octanol–water partition coefficient (Wildman–Crippen LogP) is 4.84. The van der Waals surface area contributed by atoms with Crippen molar-refractivity contribution >= 4 is 11.4 Å². The molecule has 2 N–H and O–H groups in total. The van der Waals surface area contributed by atoms with Gasteiger partial charge in [0.2, 0.25) is 0 Å². The zero-order chi connectivity index (χ0) is 14.5. The summed E-state index contributed by atoms with van der Waals surface area (Å²) < 4.78 is 0.